The van der Waals surface area contributed by atoms with Crippen LogP contribution in [0.4, 0.5) is 5.69 Å². The number of pyridine rings is 3. The maximum atomic E-state index is 12.5. The van der Waals surface area contributed by atoms with Crippen molar-refractivity contribution >= 4 is 16.7 Å². The van der Waals surface area contributed by atoms with E-state index >= 15 is 0 Å². The van der Waals surface area contributed by atoms with Crippen molar-refractivity contribution in [2.24, 2.45) is 7.05 Å². The molecule has 0 spiro atoms. The fraction of sp³-hybridized carbons (Fsp3) is 0.391. The van der Waals surface area contributed by atoms with Crippen LogP contribution < -0.4 is 19.9 Å². The number of rotatable bonds is 5. The van der Waals surface area contributed by atoms with Crippen LogP contribution in [-0.2, 0) is 7.05 Å². The zero-order chi connectivity index (χ0) is 22.8. The van der Waals surface area contributed by atoms with Gasteiger partial charge in [-0.2, -0.15) is 5.26 Å². The summed E-state index contributed by atoms with van der Waals surface area (Å²) in [5.74, 6) is 1.07. The molecule has 0 bridgehead atoms. The number of nitriles is 1. The average molecular weight is 435 g/mol. The van der Waals surface area contributed by atoms with Crippen molar-refractivity contribution in [1.29, 1.82) is 5.26 Å². The number of β-amino-alcohol motifs (C(OH)–C–C–N with tert-alkyl or cyclic N) is 1. The lowest BCUT2D eigenvalue weighted by molar-refractivity contribution is 0.0216. The minimum absolute atomic E-state index is 0.0549. The topological polar surface area (TPSA) is 114 Å². The molecule has 166 valence electrons. The first-order valence-corrected chi connectivity index (χ1v) is 10.5. The number of aryl methyl sites for hydroxylation is 1. The zero-order valence-corrected chi connectivity index (χ0v) is 18.2. The molecule has 32 heavy (non-hydrogen) atoms. The lowest BCUT2D eigenvalue weighted by atomic mass is 10.0. The molecule has 1 aliphatic heterocycles. The fourth-order valence-corrected chi connectivity index (χ4v) is 3.81. The summed E-state index contributed by atoms with van der Waals surface area (Å²) in [5, 5.41) is 20.0. The molecule has 1 aliphatic rings. The monoisotopic (exact) mass is 435 g/mol. The maximum absolute atomic E-state index is 12.5. The van der Waals surface area contributed by atoms with Crippen molar-refractivity contribution in [3.8, 4) is 17.7 Å². The third kappa shape index (κ3) is 4.36. The summed E-state index contributed by atoms with van der Waals surface area (Å²) in [6.45, 7) is 4.70. The number of hydrogen-bond acceptors (Lipinski definition) is 8. The van der Waals surface area contributed by atoms with Crippen LogP contribution in [0.1, 0.15) is 26.0 Å². The van der Waals surface area contributed by atoms with Crippen LogP contribution in [0.15, 0.2) is 41.3 Å². The Kier molecular flexibility index (Phi) is 5.97. The quantitative estimate of drug-likeness (QED) is 0.647. The highest BCUT2D eigenvalue weighted by atomic mass is 16.5. The second kappa shape index (κ2) is 8.85. The molecule has 0 aliphatic carbocycles. The van der Waals surface area contributed by atoms with Gasteiger partial charge in [-0.25, -0.2) is 9.97 Å². The molecule has 4 rings (SSSR count). The summed E-state index contributed by atoms with van der Waals surface area (Å²) < 4.78 is 13.0. The first kappa shape index (κ1) is 21.6. The largest absolute Gasteiger partial charge is 0.489 e. The highest BCUT2D eigenvalue weighted by Crippen LogP contribution is 2.28. The molecule has 3 aromatic rings. The van der Waals surface area contributed by atoms with Crippen LogP contribution in [0, 0.1) is 11.3 Å². The van der Waals surface area contributed by atoms with Gasteiger partial charge in [0.05, 0.1) is 23.5 Å². The van der Waals surface area contributed by atoms with Gasteiger partial charge in [0, 0.05) is 38.7 Å². The Morgan fingerprint density at radius 1 is 1.28 bits per heavy atom. The number of nitrogens with zero attached hydrogens (tertiary/aromatic N) is 5. The van der Waals surface area contributed by atoms with E-state index in [0.29, 0.717) is 41.3 Å². The molecule has 0 radical (unpaired) electrons. The Bertz CT molecular complexity index is 1220. The van der Waals surface area contributed by atoms with Crippen molar-refractivity contribution in [3.05, 3.63) is 52.6 Å². The predicted molar refractivity (Wildman–Crippen MR) is 119 cm³/mol. The normalized spacial score (nSPS) is 18.6. The number of fused-ring (bicyclic) bond motifs is 1. The van der Waals surface area contributed by atoms with Gasteiger partial charge in [0.2, 0.25) is 5.88 Å². The number of aromatic nitrogens is 3. The summed E-state index contributed by atoms with van der Waals surface area (Å²) in [4.78, 5) is 23.1. The molecule has 1 N–H and O–H groups in total. The minimum Gasteiger partial charge on any atom is -0.489 e. The van der Waals surface area contributed by atoms with Crippen LogP contribution in [-0.4, -0.2) is 51.0 Å². The summed E-state index contributed by atoms with van der Waals surface area (Å²) >= 11 is 0. The Labute approximate surface area is 185 Å². The molecular weight excluding hydrogens is 410 g/mol. The van der Waals surface area contributed by atoms with Gasteiger partial charge in [0.15, 0.2) is 0 Å². The minimum atomic E-state index is -0.796. The molecule has 4 heterocycles. The highest BCUT2D eigenvalue weighted by molar-refractivity contribution is 5.88. The SMILES string of the molecule is CC(C)Oc1ccc(O[C@@H]2CCN(c3cc(=O)n(C)c4ccc(C#N)nc34)C[C@H]2O)nc1. The van der Waals surface area contributed by atoms with E-state index in [0.717, 1.165) is 0 Å². The van der Waals surface area contributed by atoms with Crippen LogP contribution in [0.25, 0.3) is 11.0 Å². The van der Waals surface area contributed by atoms with E-state index in [2.05, 4.69) is 9.97 Å². The van der Waals surface area contributed by atoms with E-state index < -0.39 is 12.2 Å². The number of aliphatic hydroxyl groups excluding tert-OH is 1. The number of anilines is 1. The molecule has 3 aromatic heterocycles. The van der Waals surface area contributed by atoms with Crippen LogP contribution >= 0.6 is 0 Å². The molecule has 1 fully saturated rings. The molecule has 2 atom stereocenters. The molecule has 0 saturated carbocycles. The average Bonchev–Trinajstić information content (AvgIpc) is 2.78. The Morgan fingerprint density at radius 2 is 2.09 bits per heavy atom. The number of hydrogen-bond donors (Lipinski definition) is 1. The van der Waals surface area contributed by atoms with Crippen molar-refractivity contribution in [3.63, 3.8) is 0 Å². The van der Waals surface area contributed by atoms with Gasteiger partial charge in [0.25, 0.3) is 5.56 Å². The lowest BCUT2D eigenvalue weighted by Gasteiger charge is -2.37. The Hall–Kier alpha value is -3.64. The third-order valence-corrected chi connectivity index (χ3v) is 5.40. The highest BCUT2D eigenvalue weighted by Gasteiger charge is 2.31. The number of piperidine rings is 1. The maximum Gasteiger partial charge on any atom is 0.252 e. The summed E-state index contributed by atoms with van der Waals surface area (Å²) in [5.41, 5.74) is 1.88. The number of aliphatic hydroxyl groups is 1. The van der Waals surface area contributed by atoms with Crippen LogP contribution in [0.2, 0.25) is 0 Å². The van der Waals surface area contributed by atoms with Gasteiger partial charge in [-0.3, -0.25) is 4.79 Å². The standard InChI is InChI=1S/C23H25N5O4/c1-14(2)31-16-5-7-21(25-12-16)32-20-8-9-28(13-19(20)29)18-10-22(30)27(3)17-6-4-15(11-24)26-23(17)18/h4-7,10,12,14,19-20,29H,8-9,13H2,1-3H3/t19-,20-/m1/s1. The molecule has 0 amide bonds. The predicted octanol–water partition coefficient (Wildman–Crippen LogP) is 2.01. The summed E-state index contributed by atoms with van der Waals surface area (Å²) in [7, 11) is 1.67. The van der Waals surface area contributed by atoms with Crippen molar-refractivity contribution in [2.45, 2.75) is 38.6 Å². The summed E-state index contributed by atoms with van der Waals surface area (Å²) in [6.07, 6.45) is 0.953. The smallest absolute Gasteiger partial charge is 0.252 e. The van der Waals surface area contributed by atoms with Crippen LogP contribution in [0.3, 0.4) is 0 Å². The van der Waals surface area contributed by atoms with Gasteiger partial charge in [-0.05, 0) is 32.0 Å². The van der Waals surface area contributed by atoms with Gasteiger partial charge in [-0.15, -0.1) is 0 Å². The first-order valence-electron chi connectivity index (χ1n) is 10.5. The fourth-order valence-electron chi connectivity index (χ4n) is 3.81. The van der Waals surface area contributed by atoms with Crippen LogP contribution in [0.5, 0.6) is 11.6 Å². The van der Waals surface area contributed by atoms with Crippen molar-refractivity contribution in [1.82, 2.24) is 14.5 Å². The first-order chi connectivity index (χ1) is 15.4. The molecule has 0 aromatic carbocycles. The number of ether oxygens (including phenoxy) is 2. The molecule has 9 nitrogen and oxygen atoms in total. The van der Waals surface area contributed by atoms with E-state index in [4.69, 9.17) is 9.47 Å². The molecule has 9 heteroatoms. The van der Waals surface area contributed by atoms with E-state index in [-0.39, 0.29) is 23.9 Å². The van der Waals surface area contributed by atoms with Gasteiger partial charge >= 0.3 is 0 Å². The zero-order valence-electron chi connectivity index (χ0n) is 18.2. The third-order valence-electron chi connectivity index (χ3n) is 5.40. The van der Waals surface area contributed by atoms with Crippen molar-refractivity contribution in [2.75, 3.05) is 18.0 Å². The van der Waals surface area contributed by atoms with E-state index in [9.17, 15) is 15.2 Å². The summed E-state index contributed by atoms with van der Waals surface area (Å²) in [6, 6.07) is 10.4. The van der Waals surface area contributed by atoms with E-state index in [1.54, 1.807) is 37.5 Å². The van der Waals surface area contributed by atoms with Gasteiger partial charge in [-0.1, -0.05) is 0 Å². The van der Waals surface area contributed by atoms with E-state index in [1.165, 1.54) is 10.6 Å². The molecular formula is C23H25N5O4. The van der Waals surface area contributed by atoms with E-state index in [1.807, 2.05) is 24.8 Å². The van der Waals surface area contributed by atoms with Crippen molar-refractivity contribution < 1.29 is 14.6 Å². The van der Waals surface area contributed by atoms with Gasteiger partial charge < -0.3 is 24.0 Å². The Morgan fingerprint density at radius 3 is 2.75 bits per heavy atom. The lowest BCUT2D eigenvalue weighted by Crippen LogP contribution is -2.49. The molecule has 0 unspecified atom stereocenters. The molecule has 1 saturated heterocycles. The second-order valence-electron chi connectivity index (χ2n) is 8.06. The Balaban J connectivity index is 1.52. The van der Waals surface area contributed by atoms with Gasteiger partial charge in [0.1, 0.15) is 35.2 Å². The second-order valence-corrected chi connectivity index (χ2v) is 8.06.